The second kappa shape index (κ2) is 8.51. The molecule has 0 bridgehead atoms. The van der Waals surface area contributed by atoms with Crippen LogP contribution in [0, 0.1) is 6.92 Å². The molecule has 0 spiro atoms. The van der Waals surface area contributed by atoms with Crippen LogP contribution in [0.5, 0.6) is 0 Å². The van der Waals surface area contributed by atoms with Gasteiger partial charge in [0.05, 0.1) is 0 Å². The molecule has 0 unspecified atom stereocenters. The van der Waals surface area contributed by atoms with Gasteiger partial charge in [0, 0.05) is 0 Å². The van der Waals surface area contributed by atoms with Crippen LogP contribution in [0.25, 0.3) is 0 Å². The zero-order valence-corrected chi connectivity index (χ0v) is 14.4. The van der Waals surface area contributed by atoms with Gasteiger partial charge in [-0.05, 0) is 30.8 Å². The molecule has 0 saturated carbocycles. The molecule has 3 aromatic carbocycles. The smallest absolute Gasteiger partial charge is 0.0134 e. The normalized spacial score (nSPS) is 10.0. The lowest BCUT2D eigenvalue weighted by Gasteiger charge is -2.19. The fraction of sp³-hybridized carbons (Fsp3) is 0.143. The molecule has 0 fully saturated rings. The molecule has 0 radical (unpaired) electrons. The Hall–Kier alpha value is -1.91. The molecular weight excluding hydrogens is 283 g/mol. The monoisotopic (exact) mass is 306 g/mol. The van der Waals surface area contributed by atoms with E-state index in [4.69, 9.17) is 0 Å². The first kappa shape index (κ1) is 16.5. The van der Waals surface area contributed by atoms with Crippen molar-refractivity contribution in [3.8, 4) is 0 Å². The van der Waals surface area contributed by atoms with Crippen LogP contribution < -0.4 is 15.9 Å². The third kappa shape index (κ3) is 4.06. The standard InChI is InChI=1S/C19H17P.C2H6/c1-16-9-8-14-19(15-16)20(17-10-4-2-5-11-17)18-12-6-3-7-13-18;1-2/h2-15H,1H3;1-2H3. The van der Waals surface area contributed by atoms with Crippen molar-refractivity contribution in [2.24, 2.45) is 0 Å². The van der Waals surface area contributed by atoms with E-state index in [0.29, 0.717) is 0 Å². The van der Waals surface area contributed by atoms with Crippen molar-refractivity contribution < 1.29 is 0 Å². The van der Waals surface area contributed by atoms with E-state index in [0.717, 1.165) is 0 Å². The summed E-state index contributed by atoms with van der Waals surface area (Å²) in [6.07, 6.45) is 0. The Bertz CT molecular complexity index is 635. The lowest BCUT2D eigenvalue weighted by Crippen LogP contribution is -2.20. The molecule has 0 heterocycles. The molecule has 0 aliphatic carbocycles. The maximum absolute atomic E-state index is 2.31. The van der Waals surface area contributed by atoms with Gasteiger partial charge in [-0.2, -0.15) is 0 Å². The lowest BCUT2D eigenvalue weighted by atomic mass is 10.2. The number of hydrogen-bond acceptors (Lipinski definition) is 0. The van der Waals surface area contributed by atoms with Crippen LogP contribution in [0.1, 0.15) is 19.4 Å². The number of rotatable bonds is 3. The Labute approximate surface area is 135 Å². The summed E-state index contributed by atoms with van der Waals surface area (Å²) in [5.41, 5.74) is 1.32. The highest BCUT2D eigenvalue weighted by Gasteiger charge is 2.15. The number of hydrogen-bond donors (Lipinski definition) is 0. The minimum Gasteiger partial charge on any atom is -0.0683 e. The minimum absolute atomic E-state index is 0.462. The number of benzene rings is 3. The number of aryl methyl sites for hydroxylation is 1. The Kier molecular flexibility index (Phi) is 6.37. The summed E-state index contributed by atoms with van der Waals surface area (Å²) < 4.78 is 0. The van der Waals surface area contributed by atoms with Gasteiger partial charge in [0.2, 0.25) is 0 Å². The second-order valence-corrected chi connectivity index (χ2v) is 7.07. The molecule has 0 aliphatic rings. The maximum atomic E-state index is 2.31. The van der Waals surface area contributed by atoms with E-state index in [1.807, 2.05) is 13.8 Å². The maximum Gasteiger partial charge on any atom is -0.0134 e. The van der Waals surface area contributed by atoms with Gasteiger partial charge in [0.25, 0.3) is 0 Å². The Balaban J connectivity index is 0.000000847. The highest BCUT2D eigenvalue weighted by molar-refractivity contribution is 7.79. The third-order valence-corrected chi connectivity index (χ3v) is 5.71. The molecule has 3 aromatic rings. The Morgan fingerprint density at radius 2 is 1.00 bits per heavy atom. The van der Waals surface area contributed by atoms with Crippen molar-refractivity contribution in [2.45, 2.75) is 20.8 Å². The Morgan fingerprint density at radius 1 is 0.545 bits per heavy atom. The van der Waals surface area contributed by atoms with Crippen LogP contribution in [0.2, 0.25) is 0 Å². The van der Waals surface area contributed by atoms with Crippen LogP contribution in [0.4, 0.5) is 0 Å². The molecule has 0 saturated heterocycles. The summed E-state index contributed by atoms with van der Waals surface area (Å²) in [6, 6.07) is 30.5. The van der Waals surface area contributed by atoms with Crippen molar-refractivity contribution in [1.82, 2.24) is 0 Å². The van der Waals surface area contributed by atoms with Gasteiger partial charge in [-0.3, -0.25) is 0 Å². The summed E-state index contributed by atoms with van der Waals surface area (Å²) in [5, 5.41) is 4.22. The van der Waals surface area contributed by atoms with Crippen LogP contribution in [-0.4, -0.2) is 0 Å². The summed E-state index contributed by atoms with van der Waals surface area (Å²) in [4.78, 5) is 0. The van der Waals surface area contributed by atoms with Gasteiger partial charge in [-0.15, -0.1) is 0 Å². The van der Waals surface area contributed by atoms with Gasteiger partial charge in [0.15, 0.2) is 0 Å². The largest absolute Gasteiger partial charge is 0.0683 e. The summed E-state index contributed by atoms with van der Waals surface area (Å²) in [6.45, 7) is 6.16. The SMILES string of the molecule is CC.Cc1cccc(P(c2ccccc2)c2ccccc2)c1. The van der Waals surface area contributed by atoms with Crippen molar-refractivity contribution in [3.63, 3.8) is 0 Å². The molecule has 0 aliphatic heterocycles. The van der Waals surface area contributed by atoms with E-state index < -0.39 is 7.92 Å². The second-order valence-electron chi connectivity index (χ2n) is 4.85. The van der Waals surface area contributed by atoms with E-state index in [9.17, 15) is 0 Å². The van der Waals surface area contributed by atoms with E-state index in [1.54, 1.807) is 0 Å². The average Bonchev–Trinajstić information content (AvgIpc) is 2.59. The molecule has 0 atom stereocenters. The minimum atomic E-state index is -0.462. The summed E-state index contributed by atoms with van der Waals surface area (Å²) in [5.74, 6) is 0. The molecule has 1 heteroatoms. The zero-order chi connectivity index (χ0) is 15.8. The van der Waals surface area contributed by atoms with E-state index in [2.05, 4.69) is 91.9 Å². The van der Waals surface area contributed by atoms with Gasteiger partial charge in [0.1, 0.15) is 0 Å². The zero-order valence-electron chi connectivity index (χ0n) is 13.5. The van der Waals surface area contributed by atoms with Crippen molar-refractivity contribution in [2.75, 3.05) is 0 Å². The third-order valence-electron chi connectivity index (χ3n) is 3.29. The molecule has 3 rings (SSSR count). The van der Waals surface area contributed by atoms with Crippen LogP contribution in [0.3, 0.4) is 0 Å². The molecule has 0 N–H and O–H groups in total. The molecule has 22 heavy (non-hydrogen) atoms. The van der Waals surface area contributed by atoms with E-state index in [-0.39, 0.29) is 0 Å². The topological polar surface area (TPSA) is 0 Å². The van der Waals surface area contributed by atoms with Gasteiger partial charge in [-0.25, -0.2) is 0 Å². The molecule has 0 nitrogen and oxygen atoms in total. The summed E-state index contributed by atoms with van der Waals surface area (Å²) in [7, 11) is -0.462. The van der Waals surface area contributed by atoms with Crippen LogP contribution >= 0.6 is 7.92 Å². The first-order valence-electron chi connectivity index (χ1n) is 7.81. The molecular formula is C21H23P. The van der Waals surface area contributed by atoms with E-state index in [1.165, 1.54) is 21.5 Å². The predicted octanol–water partition coefficient (Wildman–Crippen LogP) is 4.78. The lowest BCUT2D eigenvalue weighted by molar-refractivity contribution is 1.50. The predicted molar refractivity (Wildman–Crippen MR) is 101 cm³/mol. The first-order chi connectivity index (χ1) is 10.8. The van der Waals surface area contributed by atoms with Crippen LogP contribution in [-0.2, 0) is 0 Å². The van der Waals surface area contributed by atoms with E-state index >= 15 is 0 Å². The van der Waals surface area contributed by atoms with Gasteiger partial charge >= 0.3 is 0 Å². The summed E-state index contributed by atoms with van der Waals surface area (Å²) >= 11 is 0. The molecule has 112 valence electrons. The van der Waals surface area contributed by atoms with Crippen LogP contribution in [0.15, 0.2) is 84.9 Å². The highest BCUT2D eigenvalue weighted by atomic mass is 31.1. The fourth-order valence-electron chi connectivity index (χ4n) is 2.37. The van der Waals surface area contributed by atoms with Crippen molar-refractivity contribution in [3.05, 3.63) is 90.5 Å². The quantitative estimate of drug-likeness (QED) is 0.611. The first-order valence-corrected chi connectivity index (χ1v) is 9.16. The Morgan fingerprint density at radius 3 is 1.45 bits per heavy atom. The fourth-order valence-corrected chi connectivity index (χ4v) is 4.77. The molecule has 0 aromatic heterocycles. The average molecular weight is 306 g/mol. The van der Waals surface area contributed by atoms with Crippen molar-refractivity contribution in [1.29, 1.82) is 0 Å². The molecule has 0 amide bonds. The highest BCUT2D eigenvalue weighted by Crippen LogP contribution is 2.32. The van der Waals surface area contributed by atoms with Gasteiger partial charge < -0.3 is 0 Å². The van der Waals surface area contributed by atoms with Crippen molar-refractivity contribution >= 4 is 23.8 Å². The van der Waals surface area contributed by atoms with Gasteiger partial charge in [-0.1, -0.05) is 104 Å².